The van der Waals surface area contributed by atoms with Crippen LogP contribution in [0.15, 0.2) is 71.9 Å². The predicted octanol–water partition coefficient (Wildman–Crippen LogP) is 2.78. The van der Waals surface area contributed by atoms with Crippen LogP contribution in [0.3, 0.4) is 0 Å². The number of halogens is 1. The first kappa shape index (κ1) is 20.7. The molecule has 8 heteroatoms. The molecule has 0 spiro atoms. The fourth-order valence-electron chi connectivity index (χ4n) is 2.88. The molecular formula is C21H22FN3O3S. The van der Waals surface area contributed by atoms with Crippen LogP contribution in [0.2, 0.25) is 0 Å². The molecule has 0 aliphatic heterocycles. The summed E-state index contributed by atoms with van der Waals surface area (Å²) < 4.78 is 39.5. The zero-order valence-electron chi connectivity index (χ0n) is 16.0. The summed E-state index contributed by atoms with van der Waals surface area (Å²) in [6.07, 6.45) is 4.19. The summed E-state index contributed by atoms with van der Waals surface area (Å²) in [7, 11) is -3.66. The van der Waals surface area contributed by atoms with Crippen molar-refractivity contribution >= 4 is 15.7 Å². The van der Waals surface area contributed by atoms with Crippen LogP contribution in [0.4, 0.5) is 4.39 Å². The minimum Gasteiger partial charge on any atom is -0.356 e. The first-order chi connectivity index (χ1) is 13.8. The second kappa shape index (κ2) is 9.00. The highest BCUT2D eigenvalue weighted by molar-refractivity contribution is 7.91. The number of nitrogens with zero attached hydrogens (tertiary/aromatic N) is 2. The van der Waals surface area contributed by atoms with Gasteiger partial charge in [-0.1, -0.05) is 19.1 Å². The molecule has 1 aromatic heterocycles. The number of rotatable bonds is 8. The average Bonchev–Trinajstić information content (AvgIpc) is 3.23. The molecule has 0 fully saturated rings. The van der Waals surface area contributed by atoms with Gasteiger partial charge in [0.25, 0.3) is 0 Å². The minimum absolute atomic E-state index is 0.0100. The van der Waals surface area contributed by atoms with Gasteiger partial charge in [-0.3, -0.25) is 4.79 Å². The number of aromatic nitrogens is 2. The molecule has 1 unspecified atom stereocenters. The topological polar surface area (TPSA) is 81.1 Å². The largest absolute Gasteiger partial charge is 0.356 e. The Balaban J connectivity index is 1.49. The van der Waals surface area contributed by atoms with E-state index in [1.54, 1.807) is 17.8 Å². The summed E-state index contributed by atoms with van der Waals surface area (Å²) in [5, 5.41) is 6.94. The van der Waals surface area contributed by atoms with Gasteiger partial charge in [0.15, 0.2) is 9.84 Å². The quantitative estimate of drug-likeness (QED) is 0.574. The molecule has 1 amide bonds. The molecule has 3 rings (SSSR count). The number of amides is 1. The van der Waals surface area contributed by atoms with Gasteiger partial charge in [0, 0.05) is 24.9 Å². The van der Waals surface area contributed by atoms with Crippen molar-refractivity contribution in [2.24, 2.45) is 5.92 Å². The van der Waals surface area contributed by atoms with E-state index >= 15 is 0 Å². The molecular weight excluding hydrogens is 393 g/mol. The van der Waals surface area contributed by atoms with Crippen molar-refractivity contribution < 1.29 is 17.6 Å². The number of sulfone groups is 1. The Morgan fingerprint density at radius 1 is 1.14 bits per heavy atom. The molecule has 2 aromatic carbocycles. The van der Waals surface area contributed by atoms with Gasteiger partial charge in [0.05, 0.1) is 16.3 Å². The summed E-state index contributed by atoms with van der Waals surface area (Å²) >= 11 is 0. The third kappa shape index (κ3) is 5.51. The van der Waals surface area contributed by atoms with Gasteiger partial charge in [-0.25, -0.2) is 17.5 Å². The van der Waals surface area contributed by atoms with Crippen molar-refractivity contribution in [2.75, 3.05) is 12.3 Å². The van der Waals surface area contributed by atoms with Crippen LogP contribution < -0.4 is 5.32 Å². The molecule has 1 heterocycles. The third-order valence-corrected chi connectivity index (χ3v) is 6.44. The number of nitrogens with one attached hydrogen (secondary N) is 1. The van der Waals surface area contributed by atoms with Crippen LogP contribution in [0.1, 0.15) is 12.5 Å². The molecule has 0 radical (unpaired) electrons. The van der Waals surface area contributed by atoms with Crippen molar-refractivity contribution in [3.05, 3.63) is 78.4 Å². The van der Waals surface area contributed by atoms with Gasteiger partial charge < -0.3 is 5.32 Å². The summed E-state index contributed by atoms with van der Waals surface area (Å²) in [5.74, 6) is -1.88. The SMILES string of the molecule is CC(CS(=O)(=O)c1ccc(F)cc1)C(=O)NCCc1ccc(-n2cccn2)cc1. The highest BCUT2D eigenvalue weighted by Gasteiger charge is 2.23. The van der Waals surface area contributed by atoms with Gasteiger partial charge in [-0.15, -0.1) is 0 Å². The number of benzene rings is 2. The van der Waals surface area contributed by atoms with Crippen LogP contribution in [-0.4, -0.2) is 36.4 Å². The third-order valence-electron chi connectivity index (χ3n) is 4.51. The zero-order chi connectivity index (χ0) is 20.9. The van der Waals surface area contributed by atoms with E-state index in [1.807, 2.05) is 36.5 Å². The van der Waals surface area contributed by atoms with E-state index in [0.717, 1.165) is 23.4 Å². The lowest BCUT2D eigenvalue weighted by atomic mass is 10.1. The molecule has 0 aliphatic rings. The second-order valence-corrected chi connectivity index (χ2v) is 8.83. The lowest BCUT2D eigenvalue weighted by Gasteiger charge is -2.13. The van der Waals surface area contributed by atoms with E-state index < -0.39 is 21.6 Å². The van der Waals surface area contributed by atoms with E-state index in [0.29, 0.717) is 13.0 Å². The highest BCUT2D eigenvalue weighted by atomic mass is 32.2. The Hall–Kier alpha value is -3.00. The number of carbonyl (C=O) groups excluding carboxylic acids is 1. The summed E-state index contributed by atoms with van der Waals surface area (Å²) in [6, 6.07) is 14.3. The first-order valence-electron chi connectivity index (χ1n) is 9.20. The molecule has 152 valence electrons. The Morgan fingerprint density at radius 3 is 2.45 bits per heavy atom. The van der Waals surface area contributed by atoms with Crippen molar-refractivity contribution in [3.8, 4) is 5.69 Å². The maximum Gasteiger partial charge on any atom is 0.223 e. The zero-order valence-corrected chi connectivity index (χ0v) is 16.8. The second-order valence-electron chi connectivity index (χ2n) is 6.79. The van der Waals surface area contributed by atoms with Crippen LogP contribution in [0.25, 0.3) is 5.69 Å². The van der Waals surface area contributed by atoms with E-state index in [-0.39, 0.29) is 16.6 Å². The minimum atomic E-state index is -3.66. The Kier molecular flexibility index (Phi) is 6.43. The smallest absolute Gasteiger partial charge is 0.223 e. The van der Waals surface area contributed by atoms with Crippen LogP contribution in [-0.2, 0) is 21.1 Å². The summed E-state index contributed by atoms with van der Waals surface area (Å²) in [4.78, 5) is 12.3. The molecule has 1 atom stereocenters. The van der Waals surface area contributed by atoms with Crippen molar-refractivity contribution in [1.29, 1.82) is 0 Å². The number of hydrogen-bond donors (Lipinski definition) is 1. The Bertz CT molecular complexity index is 1050. The average molecular weight is 415 g/mol. The maximum absolute atomic E-state index is 13.0. The summed E-state index contributed by atoms with van der Waals surface area (Å²) in [5.41, 5.74) is 2.00. The standard InChI is InChI=1S/C21H22FN3O3S/c1-16(15-29(27,28)20-9-5-18(22)6-10-20)21(26)23-13-11-17-3-7-19(8-4-17)25-14-2-12-24-25/h2-10,12,14,16H,11,13,15H2,1H3,(H,23,26). The lowest BCUT2D eigenvalue weighted by Crippen LogP contribution is -2.34. The van der Waals surface area contributed by atoms with Crippen molar-refractivity contribution in [2.45, 2.75) is 18.2 Å². The van der Waals surface area contributed by atoms with Crippen LogP contribution in [0, 0.1) is 11.7 Å². The summed E-state index contributed by atoms with van der Waals surface area (Å²) in [6.45, 7) is 1.97. The van der Waals surface area contributed by atoms with Crippen molar-refractivity contribution in [3.63, 3.8) is 0 Å². The van der Waals surface area contributed by atoms with Gasteiger partial charge in [-0.2, -0.15) is 5.10 Å². The molecule has 0 bridgehead atoms. The molecule has 6 nitrogen and oxygen atoms in total. The normalized spacial score (nSPS) is 12.5. The highest BCUT2D eigenvalue weighted by Crippen LogP contribution is 2.15. The van der Waals surface area contributed by atoms with Gasteiger partial charge in [0.2, 0.25) is 5.91 Å². The molecule has 0 saturated carbocycles. The fraction of sp³-hybridized carbons (Fsp3) is 0.238. The maximum atomic E-state index is 13.0. The van der Waals surface area contributed by atoms with E-state index in [1.165, 1.54) is 12.1 Å². The molecule has 3 aromatic rings. The van der Waals surface area contributed by atoms with Crippen LogP contribution in [0.5, 0.6) is 0 Å². The van der Waals surface area contributed by atoms with E-state index in [4.69, 9.17) is 0 Å². The lowest BCUT2D eigenvalue weighted by molar-refractivity contribution is -0.123. The van der Waals surface area contributed by atoms with E-state index in [2.05, 4.69) is 10.4 Å². The Morgan fingerprint density at radius 2 is 1.83 bits per heavy atom. The fourth-order valence-corrected chi connectivity index (χ4v) is 4.44. The van der Waals surface area contributed by atoms with E-state index in [9.17, 15) is 17.6 Å². The number of hydrogen-bond acceptors (Lipinski definition) is 4. The molecule has 0 aliphatic carbocycles. The monoisotopic (exact) mass is 415 g/mol. The molecule has 29 heavy (non-hydrogen) atoms. The predicted molar refractivity (Wildman–Crippen MR) is 108 cm³/mol. The number of carbonyl (C=O) groups is 1. The first-order valence-corrected chi connectivity index (χ1v) is 10.9. The van der Waals surface area contributed by atoms with Crippen molar-refractivity contribution in [1.82, 2.24) is 15.1 Å². The molecule has 0 saturated heterocycles. The van der Waals surface area contributed by atoms with Crippen LogP contribution >= 0.6 is 0 Å². The van der Waals surface area contributed by atoms with Gasteiger partial charge >= 0.3 is 0 Å². The van der Waals surface area contributed by atoms with Gasteiger partial charge in [0.1, 0.15) is 5.82 Å². The molecule has 1 N–H and O–H groups in total. The van der Waals surface area contributed by atoms with Gasteiger partial charge in [-0.05, 0) is 54.4 Å². The Labute approximate surface area is 169 Å².